The lowest BCUT2D eigenvalue weighted by Crippen LogP contribution is -2.65. The molecule has 2 aromatic rings. The van der Waals surface area contributed by atoms with Crippen molar-refractivity contribution in [2.75, 3.05) is 66.1 Å². The number of azide groups is 3. The van der Waals surface area contributed by atoms with E-state index in [2.05, 4.69) is 49.8 Å². The Bertz CT molecular complexity index is 3070. The van der Waals surface area contributed by atoms with Crippen LogP contribution in [0.1, 0.15) is 165 Å². The van der Waals surface area contributed by atoms with Gasteiger partial charge in [0.15, 0.2) is 18.9 Å². The lowest BCUT2D eigenvalue weighted by molar-refractivity contribution is -0.317. The van der Waals surface area contributed by atoms with Crippen LogP contribution in [0.25, 0.3) is 31.3 Å². The van der Waals surface area contributed by atoms with Gasteiger partial charge in [-0.2, -0.15) is 0 Å². The molecular weight excluding hydrogens is 1460 g/mol. The van der Waals surface area contributed by atoms with Gasteiger partial charge in [-0.1, -0.05) is 203 Å². The smallest absolute Gasteiger partial charge is 0.258 e. The van der Waals surface area contributed by atoms with E-state index in [4.69, 9.17) is 71.1 Å². The SMILES string of the molecule is C=C(O[C@H]1OC(CO)[C@@H](O[C@H](O)C(O)C(OCCCC)C(=C)O[C@H]2OC(CO)[C@@H](O[C@H](O)C(O)C(OCCCC)C(=C)OCCCC)C(OCCCC)C2N=[N+]=[N-])C(OCCCC)C1N=[N+]=[N-])C(OCCCC)C(O)[C@@H](O)O[C@@H]1C(CCC(C)(C)[Si](O)(c2ccccc2)c2ccccc2)OCC(N=[N+]=[N-])C1OCCCC. The van der Waals surface area contributed by atoms with Gasteiger partial charge in [0.1, 0.15) is 109 Å². The summed E-state index contributed by atoms with van der Waals surface area (Å²) in [7, 11) is -3.57. The molecule has 3 aliphatic heterocycles. The van der Waals surface area contributed by atoms with Crippen LogP contribution in [0.15, 0.2) is 113 Å². The van der Waals surface area contributed by atoms with Crippen molar-refractivity contribution in [3.05, 3.63) is 129 Å². The second kappa shape index (κ2) is 51.3. The molecular formula is C77H127N9O24Si. The van der Waals surface area contributed by atoms with Crippen LogP contribution >= 0.6 is 0 Å². The zero-order valence-electron chi connectivity index (χ0n) is 66.2. The minimum Gasteiger partial charge on any atom is -0.496 e. The minimum atomic E-state index is -3.57. The highest BCUT2D eigenvalue weighted by Crippen LogP contribution is 2.43. The third-order valence-electron chi connectivity index (χ3n) is 19.9. The first-order chi connectivity index (χ1) is 53.5. The highest BCUT2D eigenvalue weighted by atomic mass is 28.4. The van der Waals surface area contributed by atoms with Gasteiger partial charge < -0.3 is 117 Å². The van der Waals surface area contributed by atoms with E-state index in [0.29, 0.717) is 77.0 Å². The molecule has 0 radical (unpaired) electrons. The first-order valence-corrected chi connectivity index (χ1v) is 41.3. The molecule has 33 nitrogen and oxygen atoms in total. The van der Waals surface area contributed by atoms with Gasteiger partial charge in [0.25, 0.3) is 8.32 Å². The third-order valence-corrected chi connectivity index (χ3v) is 24.5. The summed E-state index contributed by atoms with van der Waals surface area (Å²) < 4.78 is 94.0. The van der Waals surface area contributed by atoms with Gasteiger partial charge in [-0.15, -0.1) is 0 Å². The van der Waals surface area contributed by atoms with Gasteiger partial charge in [0, 0.05) is 54.4 Å². The number of ether oxygens (including phenoxy) is 15. The van der Waals surface area contributed by atoms with E-state index in [9.17, 15) is 62.2 Å². The number of hydrogen-bond acceptors (Lipinski definition) is 27. The van der Waals surface area contributed by atoms with Crippen molar-refractivity contribution in [2.45, 2.75) is 311 Å². The molecule has 3 fully saturated rings. The standard InChI is InChI=1S/C77H127N9O24Si/c1-13-20-39-96-49(8)63(97-40-21-14-2)60(89)72(92)109-68-56(46-87)106-75(58(82-85-79)70(68)101-44-25-18-6)105-51(10)65(99-42-23-16-4)62(91)74(94)110-69-57(47-88)107-76(59(83-86-80)71(69)102-45-26-19-7)104-50(9)64(98-41-22-15-3)61(90)73(93)108-67-55(103-48-54(81-84-78)66(67)100-43-24-17-5)37-38-77(11,12)111(95,52-33-29-27-30-34-52)53-35-31-28-32-36-53/h27-36,54-76,87-95H,8-10,13-26,37-48H2,1-7,11-12H3/t54?,55?,56?,57?,58?,59?,60?,61?,62?,63?,64?,65?,66?,67-,68-,69-,70?,71?,72+,73+,74+,75+,76+/m1/s1. The Morgan fingerprint density at radius 1 is 0.486 bits per heavy atom. The quantitative estimate of drug-likeness (QED) is 0.00567. The van der Waals surface area contributed by atoms with E-state index in [0.717, 1.165) is 29.6 Å². The van der Waals surface area contributed by atoms with Crippen LogP contribution in [0, 0.1) is 0 Å². The van der Waals surface area contributed by atoms with E-state index in [1.165, 1.54) is 0 Å². The van der Waals surface area contributed by atoms with Gasteiger partial charge in [-0.25, -0.2) is 0 Å². The summed E-state index contributed by atoms with van der Waals surface area (Å²) in [6.07, 6.45) is -23.6. The number of hydrogen-bond donors (Lipinski definition) is 9. The average Bonchev–Trinajstić information content (AvgIpc) is 0.737. The normalized spacial score (nSPS) is 26.1. The van der Waals surface area contributed by atoms with Gasteiger partial charge in [-0.05, 0) is 89.8 Å². The maximum atomic E-state index is 13.1. The molecule has 3 aliphatic rings. The van der Waals surface area contributed by atoms with Crippen molar-refractivity contribution in [1.29, 1.82) is 0 Å². The van der Waals surface area contributed by atoms with Gasteiger partial charge in [0.05, 0.1) is 44.7 Å². The molecule has 9 N–H and O–H groups in total. The predicted octanol–water partition coefficient (Wildman–Crippen LogP) is 8.87. The molecule has 0 bridgehead atoms. The van der Waals surface area contributed by atoms with E-state index in [-0.39, 0.29) is 70.8 Å². The molecule has 628 valence electrons. The molecule has 0 saturated carbocycles. The van der Waals surface area contributed by atoms with Gasteiger partial charge in [0.2, 0.25) is 12.6 Å². The Balaban J connectivity index is 1.45. The summed E-state index contributed by atoms with van der Waals surface area (Å²) in [6.45, 7) is 28.4. The topological polar surface area (TPSA) is 467 Å². The predicted molar refractivity (Wildman–Crippen MR) is 412 cm³/mol. The van der Waals surface area contributed by atoms with Crippen LogP contribution in [0.5, 0.6) is 0 Å². The van der Waals surface area contributed by atoms with Crippen LogP contribution in [-0.4, -0.2) is 261 Å². The van der Waals surface area contributed by atoms with Gasteiger partial charge in [-0.3, -0.25) is 0 Å². The van der Waals surface area contributed by atoms with E-state index >= 15 is 0 Å². The van der Waals surface area contributed by atoms with Crippen molar-refractivity contribution in [2.24, 2.45) is 15.3 Å². The molecule has 3 saturated heterocycles. The second-order valence-electron chi connectivity index (χ2n) is 28.6. The zero-order valence-corrected chi connectivity index (χ0v) is 67.2. The fraction of sp³-hybridized carbons (Fsp3) is 0.766. The third kappa shape index (κ3) is 27.8. The number of aliphatic hydroxyl groups excluding tert-OH is 8. The van der Waals surface area contributed by atoms with Crippen molar-refractivity contribution in [3.63, 3.8) is 0 Å². The molecule has 0 aliphatic carbocycles. The maximum absolute atomic E-state index is 13.1. The number of nitrogens with zero attached hydrogens (tertiary/aromatic N) is 9. The van der Waals surface area contributed by atoms with Crippen LogP contribution in [0.4, 0.5) is 0 Å². The Kier molecular flexibility index (Phi) is 44.4. The fourth-order valence-corrected chi connectivity index (χ4v) is 17.1. The summed E-state index contributed by atoms with van der Waals surface area (Å²) in [6, 6.07) is 15.0. The summed E-state index contributed by atoms with van der Waals surface area (Å²) in [4.78, 5) is 22.4. The Labute approximate surface area is 654 Å². The Morgan fingerprint density at radius 3 is 1.19 bits per heavy atom. The number of rotatable bonds is 58. The summed E-state index contributed by atoms with van der Waals surface area (Å²) in [5.74, 6) is -0.777. The van der Waals surface area contributed by atoms with Gasteiger partial charge >= 0.3 is 0 Å². The highest BCUT2D eigenvalue weighted by Gasteiger charge is 2.55. The molecule has 23 atom stereocenters. The van der Waals surface area contributed by atoms with Crippen molar-refractivity contribution >= 4 is 18.7 Å². The highest BCUT2D eigenvalue weighted by molar-refractivity contribution is 6.98. The number of unbranched alkanes of at least 4 members (excludes halogenated alkanes) is 7. The summed E-state index contributed by atoms with van der Waals surface area (Å²) in [5.41, 5.74) is 30.2. The second-order valence-corrected chi connectivity index (χ2v) is 32.6. The molecule has 5 rings (SSSR count). The number of benzene rings is 2. The largest absolute Gasteiger partial charge is 0.496 e. The van der Waals surface area contributed by atoms with E-state index < -0.39 is 173 Å². The van der Waals surface area contributed by atoms with Crippen LogP contribution in [0.3, 0.4) is 0 Å². The molecule has 0 aromatic heterocycles. The lowest BCUT2D eigenvalue weighted by Gasteiger charge is -2.46. The zero-order chi connectivity index (χ0) is 81.5. The minimum absolute atomic E-state index is 0.0198. The van der Waals surface area contributed by atoms with Crippen molar-refractivity contribution in [1.82, 2.24) is 0 Å². The molecule has 0 amide bonds. The van der Waals surface area contributed by atoms with Crippen molar-refractivity contribution < 1.29 is 117 Å². The summed E-state index contributed by atoms with van der Waals surface area (Å²) >= 11 is 0. The first kappa shape index (κ1) is 96.0. The van der Waals surface area contributed by atoms with Crippen LogP contribution in [-0.2, 0) is 71.1 Å². The van der Waals surface area contributed by atoms with E-state index in [1.54, 1.807) is 0 Å². The van der Waals surface area contributed by atoms with Crippen molar-refractivity contribution in [3.8, 4) is 0 Å². The lowest BCUT2D eigenvalue weighted by atomic mass is 9.92. The molecule has 15 unspecified atom stereocenters. The summed E-state index contributed by atoms with van der Waals surface area (Å²) in [5, 5.41) is 108. The molecule has 2 aromatic carbocycles. The monoisotopic (exact) mass is 1590 g/mol. The maximum Gasteiger partial charge on any atom is 0.258 e. The molecule has 0 spiro atoms. The fourth-order valence-electron chi connectivity index (χ4n) is 13.3. The molecule has 3 heterocycles. The average molecular weight is 1590 g/mol. The first-order valence-electron chi connectivity index (χ1n) is 39.4. The molecule has 34 heteroatoms. The Morgan fingerprint density at radius 2 is 0.829 bits per heavy atom. The Hall–Kier alpha value is -5.63. The number of aliphatic hydroxyl groups is 8. The van der Waals surface area contributed by atoms with Crippen LogP contribution < -0.4 is 10.4 Å². The van der Waals surface area contributed by atoms with Crippen LogP contribution in [0.2, 0.25) is 5.04 Å². The molecule has 111 heavy (non-hydrogen) atoms. The van der Waals surface area contributed by atoms with E-state index in [1.807, 2.05) is 123 Å².